The number of nitrogens with one attached hydrogen (secondary N) is 1. The van der Waals surface area contributed by atoms with Gasteiger partial charge in [0.05, 0.1) is 16.1 Å². The number of fused-ring (bicyclic) bond motifs is 1. The first kappa shape index (κ1) is 14.2. The summed E-state index contributed by atoms with van der Waals surface area (Å²) in [5.74, 6) is -0.170. The van der Waals surface area contributed by atoms with E-state index in [-0.39, 0.29) is 17.5 Å². The summed E-state index contributed by atoms with van der Waals surface area (Å²) in [4.78, 5) is 11.3. The number of hydrogen-bond donors (Lipinski definition) is 1. The summed E-state index contributed by atoms with van der Waals surface area (Å²) < 4.78 is 18.8. The van der Waals surface area contributed by atoms with Crippen LogP contribution >= 0.6 is 23.2 Å². The lowest BCUT2D eigenvalue weighted by molar-refractivity contribution is -0.118. The summed E-state index contributed by atoms with van der Waals surface area (Å²) in [5, 5.41) is 2.07. The molecule has 1 N–H and O–H groups in total. The van der Waals surface area contributed by atoms with Crippen molar-refractivity contribution in [1.29, 1.82) is 0 Å². The highest BCUT2D eigenvalue weighted by molar-refractivity contribution is 6.33. The van der Waals surface area contributed by atoms with Crippen LogP contribution in [0.25, 0.3) is 0 Å². The van der Waals surface area contributed by atoms with Crippen molar-refractivity contribution in [2.24, 2.45) is 0 Å². The minimum absolute atomic E-state index is 0.00416. The molecule has 3 rings (SSSR count). The maximum atomic E-state index is 13.5. The third-order valence-electron chi connectivity index (χ3n) is 3.18. The van der Waals surface area contributed by atoms with Crippen molar-refractivity contribution < 1.29 is 13.9 Å². The van der Waals surface area contributed by atoms with Crippen molar-refractivity contribution in [2.75, 3.05) is 11.9 Å². The highest BCUT2D eigenvalue weighted by Crippen LogP contribution is 2.38. The van der Waals surface area contributed by atoms with Crippen LogP contribution in [0.2, 0.25) is 5.02 Å². The standard InChI is InChI=1S/C15H10Cl2FNO2/c16-14(9-2-1-3-10(18)15(9)17)8-4-5-12-11(6-8)19-13(20)7-21-12/h1-6,14H,7H2,(H,19,20). The number of halogens is 3. The topological polar surface area (TPSA) is 38.3 Å². The highest BCUT2D eigenvalue weighted by atomic mass is 35.5. The van der Waals surface area contributed by atoms with E-state index in [9.17, 15) is 9.18 Å². The molecule has 1 unspecified atom stereocenters. The molecule has 21 heavy (non-hydrogen) atoms. The molecule has 0 aliphatic carbocycles. The third-order valence-corrected chi connectivity index (χ3v) is 4.07. The van der Waals surface area contributed by atoms with Gasteiger partial charge in [-0.3, -0.25) is 4.79 Å². The summed E-state index contributed by atoms with van der Waals surface area (Å²) >= 11 is 12.3. The minimum Gasteiger partial charge on any atom is -0.482 e. The Labute approximate surface area is 130 Å². The van der Waals surface area contributed by atoms with Crippen molar-refractivity contribution in [3.63, 3.8) is 0 Å². The molecule has 0 bridgehead atoms. The molecule has 0 radical (unpaired) electrons. The SMILES string of the molecule is O=C1COc2ccc(C(Cl)c3cccc(F)c3Cl)cc2N1. The van der Waals surface area contributed by atoms with E-state index in [0.717, 1.165) is 0 Å². The van der Waals surface area contributed by atoms with Crippen LogP contribution in [0.3, 0.4) is 0 Å². The Bertz CT molecular complexity index is 721. The first-order chi connectivity index (χ1) is 10.1. The Morgan fingerprint density at radius 3 is 2.90 bits per heavy atom. The number of hydrogen-bond acceptors (Lipinski definition) is 2. The molecule has 6 heteroatoms. The zero-order valence-electron chi connectivity index (χ0n) is 10.7. The average Bonchev–Trinajstić information content (AvgIpc) is 2.48. The summed E-state index contributed by atoms with van der Waals surface area (Å²) in [6.45, 7) is -0.00756. The molecule has 0 saturated heterocycles. The van der Waals surface area contributed by atoms with Gasteiger partial charge >= 0.3 is 0 Å². The minimum atomic E-state index is -0.627. The molecule has 2 aromatic rings. The van der Waals surface area contributed by atoms with Crippen LogP contribution in [-0.2, 0) is 4.79 Å². The molecule has 2 aromatic carbocycles. The lowest BCUT2D eigenvalue weighted by Gasteiger charge is -2.20. The quantitative estimate of drug-likeness (QED) is 0.843. The predicted octanol–water partition coefficient (Wildman–Crippen LogP) is 4.14. The van der Waals surface area contributed by atoms with Crippen LogP contribution in [0.4, 0.5) is 10.1 Å². The van der Waals surface area contributed by atoms with Gasteiger partial charge in [0.25, 0.3) is 5.91 Å². The summed E-state index contributed by atoms with van der Waals surface area (Å²) in [6, 6.07) is 9.66. The normalized spacial score (nSPS) is 14.9. The zero-order valence-corrected chi connectivity index (χ0v) is 12.2. The van der Waals surface area contributed by atoms with Crippen LogP contribution in [0, 0.1) is 5.82 Å². The van der Waals surface area contributed by atoms with E-state index in [1.807, 2.05) is 0 Å². The Morgan fingerprint density at radius 1 is 1.29 bits per heavy atom. The lowest BCUT2D eigenvalue weighted by atomic mass is 10.0. The smallest absolute Gasteiger partial charge is 0.262 e. The van der Waals surface area contributed by atoms with Gasteiger partial charge in [-0.1, -0.05) is 29.8 Å². The highest BCUT2D eigenvalue weighted by Gasteiger charge is 2.21. The molecule has 1 aliphatic heterocycles. The molecule has 0 aromatic heterocycles. The Balaban J connectivity index is 1.98. The van der Waals surface area contributed by atoms with Gasteiger partial charge < -0.3 is 10.1 Å². The summed E-state index contributed by atoms with van der Waals surface area (Å²) in [7, 11) is 0. The van der Waals surface area contributed by atoms with E-state index in [0.29, 0.717) is 22.6 Å². The van der Waals surface area contributed by atoms with Crippen LogP contribution in [0.5, 0.6) is 5.75 Å². The predicted molar refractivity (Wildman–Crippen MR) is 79.7 cm³/mol. The zero-order chi connectivity index (χ0) is 15.0. The Hall–Kier alpha value is -1.78. The second-order valence-electron chi connectivity index (χ2n) is 4.60. The number of benzene rings is 2. The van der Waals surface area contributed by atoms with Gasteiger partial charge in [-0.05, 0) is 29.3 Å². The van der Waals surface area contributed by atoms with E-state index >= 15 is 0 Å². The molecule has 3 nitrogen and oxygen atoms in total. The second kappa shape index (κ2) is 5.54. The van der Waals surface area contributed by atoms with Gasteiger partial charge in [0, 0.05) is 0 Å². The molecular weight excluding hydrogens is 316 g/mol. The monoisotopic (exact) mass is 325 g/mol. The molecule has 0 spiro atoms. The number of alkyl halides is 1. The van der Waals surface area contributed by atoms with Crippen molar-refractivity contribution in [1.82, 2.24) is 0 Å². The fourth-order valence-electron chi connectivity index (χ4n) is 2.15. The first-order valence-corrected chi connectivity index (χ1v) is 7.02. The number of amides is 1. The van der Waals surface area contributed by atoms with Gasteiger partial charge in [0.2, 0.25) is 0 Å². The van der Waals surface area contributed by atoms with E-state index in [2.05, 4.69) is 5.32 Å². The van der Waals surface area contributed by atoms with E-state index in [4.69, 9.17) is 27.9 Å². The van der Waals surface area contributed by atoms with Crippen molar-refractivity contribution in [2.45, 2.75) is 5.38 Å². The van der Waals surface area contributed by atoms with Gasteiger partial charge in [0.1, 0.15) is 11.6 Å². The lowest BCUT2D eigenvalue weighted by Crippen LogP contribution is -2.25. The summed E-state index contributed by atoms with van der Waals surface area (Å²) in [5.41, 5.74) is 1.71. The van der Waals surface area contributed by atoms with Crippen molar-refractivity contribution >= 4 is 34.8 Å². The van der Waals surface area contributed by atoms with Crippen LogP contribution < -0.4 is 10.1 Å². The summed E-state index contributed by atoms with van der Waals surface area (Å²) in [6.07, 6.45) is 0. The van der Waals surface area contributed by atoms with Crippen LogP contribution in [-0.4, -0.2) is 12.5 Å². The van der Waals surface area contributed by atoms with E-state index in [1.54, 1.807) is 30.3 Å². The first-order valence-electron chi connectivity index (χ1n) is 6.21. The maximum absolute atomic E-state index is 13.5. The molecule has 1 atom stereocenters. The van der Waals surface area contributed by atoms with Gasteiger partial charge in [0.15, 0.2) is 6.61 Å². The van der Waals surface area contributed by atoms with Gasteiger partial charge in [-0.2, -0.15) is 0 Å². The molecular formula is C15H10Cl2FNO2. The van der Waals surface area contributed by atoms with Gasteiger partial charge in [-0.15, -0.1) is 11.6 Å². The molecule has 1 aliphatic rings. The number of anilines is 1. The van der Waals surface area contributed by atoms with Crippen LogP contribution in [0.1, 0.15) is 16.5 Å². The number of rotatable bonds is 2. The van der Waals surface area contributed by atoms with Crippen molar-refractivity contribution in [3.8, 4) is 5.75 Å². The Morgan fingerprint density at radius 2 is 2.10 bits per heavy atom. The van der Waals surface area contributed by atoms with Gasteiger partial charge in [-0.25, -0.2) is 4.39 Å². The molecule has 1 amide bonds. The van der Waals surface area contributed by atoms with E-state index < -0.39 is 11.2 Å². The second-order valence-corrected chi connectivity index (χ2v) is 5.41. The fraction of sp³-hybridized carbons (Fsp3) is 0.133. The molecule has 0 saturated carbocycles. The third kappa shape index (κ3) is 2.69. The van der Waals surface area contributed by atoms with Crippen molar-refractivity contribution in [3.05, 3.63) is 58.4 Å². The average molecular weight is 326 g/mol. The molecule has 0 fully saturated rings. The number of ether oxygens (including phenoxy) is 1. The maximum Gasteiger partial charge on any atom is 0.262 e. The molecule has 1 heterocycles. The Kier molecular flexibility index (Phi) is 3.74. The largest absolute Gasteiger partial charge is 0.482 e. The molecule has 108 valence electrons. The number of carbonyl (C=O) groups is 1. The number of carbonyl (C=O) groups excluding carboxylic acids is 1. The fourth-order valence-corrected chi connectivity index (χ4v) is 2.76. The van der Waals surface area contributed by atoms with E-state index in [1.165, 1.54) is 6.07 Å². The van der Waals surface area contributed by atoms with Crippen LogP contribution in [0.15, 0.2) is 36.4 Å².